The minimum Gasteiger partial charge on any atom is -0.381 e. The topological polar surface area (TPSA) is 26.3 Å². The maximum Gasteiger partial charge on any atom is 0.169 e. The Morgan fingerprint density at radius 1 is 1.50 bits per heavy atom. The van der Waals surface area contributed by atoms with Crippen LogP contribution in [-0.4, -0.2) is 19.0 Å². The maximum atomic E-state index is 12.3. The molecular formula is C12H12BrIO2. The number of carbonyl (C=O) groups is 1. The van der Waals surface area contributed by atoms with Crippen LogP contribution in [0.25, 0.3) is 0 Å². The standard InChI is InChI=1S/C12H12BrIO2/c13-9-3-4-11(14)10(6-9)12(15)8-2-1-5-16-7-8/h3-4,6,8H,1-2,5,7H2. The van der Waals surface area contributed by atoms with Crippen molar-refractivity contribution < 1.29 is 9.53 Å². The van der Waals surface area contributed by atoms with Crippen LogP contribution in [-0.2, 0) is 4.74 Å². The molecule has 1 saturated heterocycles. The van der Waals surface area contributed by atoms with Crippen LogP contribution in [0, 0.1) is 9.49 Å². The molecule has 1 aliphatic rings. The fourth-order valence-corrected chi connectivity index (χ4v) is 2.82. The van der Waals surface area contributed by atoms with Crippen molar-refractivity contribution in [1.82, 2.24) is 0 Å². The van der Waals surface area contributed by atoms with Gasteiger partial charge in [-0.2, -0.15) is 0 Å². The SMILES string of the molecule is O=C(c1cc(Br)ccc1I)C1CCCOC1. The number of benzene rings is 1. The molecule has 1 aromatic rings. The second-order valence-corrected chi connectivity index (χ2v) is 5.98. The van der Waals surface area contributed by atoms with Gasteiger partial charge in [0.25, 0.3) is 0 Å². The number of Topliss-reactive ketones (excluding diaryl/α,β-unsaturated/α-hetero) is 1. The zero-order valence-corrected chi connectivity index (χ0v) is 12.5. The van der Waals surface area contributed by atoms with Crippen molar-refractivity contribution in [3.63, 3.8) is 0 Å². The lowest BCUT2D eigenvalue weighted by Crippen LogP contribution is -2.25. The van der Waals surface area contributed by atoms with Crippen molar-refractivity contribution >= 4 is 44.3 Å². The highest BCUT2D eigenvalue weighted by Gasteiger charge is 2.24. The van der Waals surface area contributed by atoms with Gasteiger partial charge in [-0.3, -0.25) is 4.79 Å². The lowest BCUT2D eigenvalue weighted by Gasteiger charge is -2.21. The molecule has 86 valence electrons. The van der Waals surface area contributed by atoms with E-state index < -0.39 is 0 Å². The molecular weight excluding hydrogens is 383 g/mol. The van der Waals surface area contributed by atoms with Gasteiger partial charge in [0.2, 0.25) is 0 Å². The van der Waals surface area contributed by atoms with Gasteiger partial charge in [-0.25, -0.2) is 0 Å². The van der Waals surface area contributed by atoms with Gasteiger partial charge in [0, 0.05) is 26.1 Å². The fourth-order valence-electron chi connectivity index (χ4n) is 1.85. The number of hydrogen-bond donors (Lipinski definition) is 0. The van der Waals surface area contributed by atoms with Gasteiger partial charge in [-0.15, -0.1) is 0 Å². The summed E-state index contributed by atoms with van der Waals surface area (Å²) in [5.41, 5.74) is 0.811. The van der Waals surface area contributed by atoms with Gasteiger partial charge in [-0.1, -0.05) is 15.9 Å². The van der Waals surface area contributed by atoms with E-state index in [-0.39, 0.29) is 11.7 Å². The molecule has 16 heavy (non-hydrogen) atoms. The van der Waals surface area contributed by atoms with Gasteiger partial charge in [0.1, 0.15) is 0 Å². The number of carbonyl (C=O) groups excluding carboxylic acids is 1. The predicted octanol–water partition coefficient (Wildman–Crippen LogP) is 3.66. The van der Waals surface area contributed by atoms with Gasteiger partial charge >= 0.3 is 0 Å². The van der Waals surface area contributed by atoms with E-state index in [0.29, 0.717) is 6.61 Å². The first kappa shape index (κ1) is 12.5. The fraction of sp³-hybridized carbons (Fsp3) is 0.417. The Labute approximate surface area is 117 Å². The van der Waals surface area contributed by atoms with Gasteiger partial charge in [0.05, 0.1) is 6.61 Å². The summed E-state index contributed by atoms with van der Waals surface area (Å²) in [5.74, 6) is 0.252. The first-order valence-corrected chi connectivity index (χ1v) is 7.12. The molecule has 2 nitrogen and oxygen atoms in total. The molecule has 1 fully saturated rings. The second-order valence-electron chi connectivity index (χ2n) is 3.90. The van der Waals surface area contributed by atoms with Crippen LogP contribution in [0.5, 0.6) is 0 Å². The molecule has 0 radical (unpaired) electrons. The molecule has 0 aliphatic carbocycles. The van der Waals surface area contributed by atoms with E-state index in [1.54, 1.807) is 0 Å². The van der Waals surface area contributed by atoms with Crippen LogP contribution in [0.2, 0.25) is 0 Å². The Hall–Kier alpha value is 0.0600. The highest BCUT2D eigenvalue weighted by Crippen LogP contribution is 2.24. The lowest BCUT2D eigenvalue weighted by molar-refractivity contribution is 0.0460. The van der Waals surface area contributed by atoms with Crippen molar-refractivity contribution in [2.24, 2.45) is 5.92 Å². The minimum atomic E-state index is 0.0385. The minimum absolute atomic E-state index is 0.0385. The molecule has 1 atom stereocenters. The average Bonchev–Trinajstić information content (AvgIpc) is 2.32. The summed E-state index contributed by atoms with van der Waals surface area (Å²) in [6, 6.07) is 5.82. The van der Waals surface area contributed by atoms with Crippen LogP contribution in [0.15, 0.2) is 22.7 Å². The monoisotopic (exact) mass is 394 g/mol. The number of rotatable bonds is 2. The molecule has 0 saturated carbocycles. The molecule has 0 N–H and O–H groups in total. The highest BCUT2D eigenvalue weighted by atomic mass is 127. The summed E-state index contributed by atoms with van der Waals surface area (Å²) in [6.45, 7) is 1.36. The summed E-state index contributed by atoms with van der Waals surface area (Å²) in [6.07, 6.45) is 1.93. The van der Waals surface area contributed by atoms with Crippen molar-refractivity contribution in [2.75, 3.05) is 13.2 Å². The first-order chi connectivity index (χ1) is 7.68. The quantitative estimate of drug-likeness (QED) is 0.565. The smallest absolute Gasteiger partial charge is 0.169 e. The van der Waals surface area contributed by atoms with Crippen LogP contribution >= 0.6 is 38.5 Å². The summed E-state index contributed by atoms with van der Waals surface area (Å²) < 4.78 is 7.32. The Kier molecular flexibility index (Phi) is 4.38. The van der Waals surface area contributed by atoms with E-state index in [9.17, 15) is 4.79 Å². The van der Waals surface area contributed by atoms with Crippen LogP contribution in [0.1, 0.15) is 23.2 Å². The van der Waals surface area contributed by atoms with E-state index in [4.69, 9.17) is 4.74 Å². The van der Waals surface area contributed by atoms with Crippen molar-refractivity contribution in [2.45, 2.75) is 12.8 Å². The third-order valence-corrected chi connectivity index (χ3v) is 4.16. The van der Waals surface area contributed by atoms with Crippen molar-refractivity contribution in [3.05, 3.63) is 31.8 Å². The Bertz CT molecular complexity index is 400. The van der Waals surface area contributed by atoms with E-state index in [2.05, 4.69) is 38.5 Å². The summed E-state index contributed by atoms with van der Waals surface area (Å²) >= 11 is 5.61. The zero-order chi connectivity index (χ0) is 11.5. The van der Waals surface area contributed by atoms with E-state index in [0.717, 1.165) is 33.1 Å². The number of hydrogen-bond acceptors (Lipinski definition) is 2. The summed E-state index contributed by atoms with van der Waals surface area (Å²) in [4.78, 5) is 12.3. The average molecular weight is 395 g/mol. The summed E-state index contributed by atoms with van der Waals surface area (Å²) in [5, 5.41) is 0. The molecule has 1 heterocycles. The molecule has 0 aromatic heterocycles. The van der Waals surface area contributed by atoms with E-state index >= 15 is 0 Å². The Balaban J connectivity index is 2.22. The lowest BCUT2D eigenvalue weighted by atomic mass is 9.93. The molecule has 0 amide bonds. The zero-order valence-electron chi connectivity index (χ0n) is 8.71. The third kappa shape index (κ3) is 2.84. The van der Waals surface area contributed by atoms with Crippen LogP contribution < -0.4 is 0 Å². The van der Waals surface area contributed by atoms with Crippen molar-refractivity contribution in [3.8, 4) is 0 Å². The van der Waals surface area contributed by atoms with Gasteiger partial charge < -0.3 is 4.74 Å². The van der Waals surface area contributed by atoms with E-state index in [1.165, 1.54) is 0 Å². The van der Waals surface area contributed by atoms with Gasteiger partial charge in [0.15, 0.2) is 5.78 Å². The highest BCUT2D eigenvalue weighted by molar-refractivity contribution is 14.1. The van der Waals surface area contributed by atoms with Crippen LogP contribution in [0.3, 0.4) is 0 Å². The largest absolute Gasteiger partial charge is 0.381 e. The van der Waals surface area contributed by atoms with Crippen molar-refractivity contribution in [1.29, 1.82) is 0 Å². The number of halogens is 2. The maximum absolute atomic E-state index is 12.3. The Morgan fingerprint density at radius 3 is 3.00 bits per heavy atom. The third-order valence-electron chi connectivity index (χ3n) is 2.72. The molecule has 1 unspecified atom stereocenters. The number of ketones is 1. The predicted molar refractivity (Wildman–Crippen MR) is 74.7 cm³/mol. The molecule has 0 spiro atoms. The van der Waals surface area contributed by atoms with E-state index in [1.807, 2.05) is 18.2 Å². The normalized spacial score (nSPS) is 20.8. The van der Waals surface area contributed by atoms with Gasteiger partial charge in [-0.05, 0) is 53.6 Å². The first-order valence-electron chi connectivity index (χ1n) is 5.25. The Morgan fingerprint density at radius 2 is 2.31 bits per heavy atom. The molecule has 1 aliphatic heterocycles. The van der Waals surface area contributed by atoms with Crippen LogP contribution in [0.4, 0.5) is 0 Å². The second kappa shape index (κ2) is 5.60. The molecule has 1 aromatic carbocycles. The summed E-state index contributed by atoms with van der Waals surface area (Å²) in [7, 11) is 0. The molecule has 2 rings (SSSR count). The molecule has 0 bridgehead atoms. The molecule has 4 heteroatoms. The number of ether oxygens (including phenoxy) is 1.